The fraction of sp³-hybridized carbons (Fsp3) is 0.280. The average Bonchev–Trinajstić information content (AvgIpc) is 3.40. The Morgan fingerprint density at radius 1 is 0.763 bits per heavy atom. The van der Waals surface area contributed by atoms with E-state index in [1.54, 1.807) is 18.2 Å². The lowest BCUT2D eigenvalue weighted by atomic mass is 10.0. The van der Waals surface area contributed by atoms with Crippen LogP contribution in [0.3, 0.4) is 0 Å². The number of anilines is 3. The van der Waals surface area contributed by atoms with Gasteiger partial charge in [-0.1, -0.05) is 0 Å². The molecule has 2 aromatic carbocycles. The van der Waals surface area contributed by atoms with Crippen LogP contribution in [0.15, 0.2) is 61.1 Å². The van der Waals surface area contributed by atoms with Gasteiger partial charge in [-0.05, 0) is 67.8 Å². The molecule has 1 aliphatic rings. The van der Waals surface area contributed by atoms with Gasteiger partial charge in [0, 0.05) is 36.2 Å². The second kappa shape index (κ2) is 9.95. The van der Waals surface area contributed by atoms with Crippen molar-refractivity contribution in [3.8, 4) is 16.9 Å². The van der Waals surface area contributed by atoms with Crippen molar-refractivity contribution in [2.75, 3.05) is 23.3 Å². The Morgan fingerprint density at radius 2 is 1.50 bits per heavy atom. The molecule has 0 unspecified atom stereocenters. The fourth-order valence-electron chi connectivity index (χ4n) is 4.18. The van der Waals surface area contributed by atoms with Gasteiger partial charge in [-0.3, -0.25) is 0 Å². The Balaban J connectivity index is 1.38. The van der Waals surface area contributed by atoms with E-state index in [2.05, 4.69) is 25.4 Å². The maximum atomic E-state index is 13.7. The summed E-state index contributed by atoms with van der Waals surface area (Å²) in [6.07, 6.45) is -3.86. The predicted octanol–water partition coefficient (Wildman–Crippen LogP) is 6.50. The minimum Gasteiger partial charge on any atom is -0.372 e. The molecule has 38 heavy (non-hydrogen) atoms. The SMILES string of the molecule is FC(F)(F)c1cc(-c2ccnc(Nc3ccc(-n4cnc(C(F)(F)F)n4)cc3)n2)cc(N2CCCCC2)c1. The molecule has 0 saturated carbocycles. The third-order valence-corrected chi connectivity index (χ3v) is 6.05. The Labute approximate surface area is 213 Å². The normalized spacial score (nSPS) is 14.5. The third-order valence-electron chi connectivity index (χ3n) is 6.05. The van der Waals surface area contributed by atoms with Gasteiger partial charge < -0.3 is 10.2 Å². The Hall–Kier alpha value is -4.16. The molecule has 1 saturated heterocycles. The first-order valence-corrected chi connectivity index (χ1v) is 11.7. The summed E-state index contributed by atoms with van der Waals surface area (Å²) < 4.78 is 80.3. The summed E-state index contributed by atoms with van der Waals surface area (Å²) in [4.78, 5) is 13.8. The van der Waals surface area contributed by atoms with Crippen LogP contribution < -0.4 is 10.2 Å². The topological polar surface area (TPSA) is 71.8 Å². The number of piperidine rings is 1. The van der Waals surface area contributed by atoms with Crippen molar-refractivity contribution in [3.05, 3.63) is 72.4 Å². The van der Waals surface area contributed by atoms with Gasteiger partial charge in [-0.25, -0.2) is 19.6 Å². The maximum absolute atomic E-state index is 13.7. The monoisotopic (exact) mass is 533 g/mol. The molecule has 0 aliphatic carbocycles. The maximum Gasteiger partial charge on any atom is 0.453 e. The van der Waals surface area contributed by atoms with Crippen molar-refractivity contribution >= 4 is 17.3 Å². The molecule has 3 heterocycles. The zero-order chi connectivity index (χ0) is 26.9. The molecule has 0 atom stereocenters. The van der Waals surface area contributed by atoms with Gasteiger partial charge in [0.1, 0.15) is 6.33 Å². The van der Waals surface area contributed by atoms with Crippen molar-refractivity contribution in [3.63, 3.8) is 0 Å². The number of halogens is 6. The smallest absolute Gasteiger partial charge is 0.372 e. The summed E-state index contributed by atoms with van der Waals surface area (Å²) in [5, 5.41) is 6.39. The van der Waals surface area contributed by atoms with Gasteiger partial charge in [0.15, 0.2) is 0 Å². The van der Waals surface area contributed by atoms with Gasteiger partial charge in [-0.15, -0.1) is 5.10 Å². The number of nitrogens with zero attached hydrogens (tertiary/aromatic N) is 6. The molecule has 198 valence electrons. The van der Waals surface area contributed by atoms with Gasteiger partial charge in [-0.2, -0.15) is 26.3 Å². The molecule has 13 heteroatoms. The highest BCUT2D eigenvalue weighted by molar-refractivity contribution is 5.69. The fourth-order valence-corrected chi connectivity index (χ4v) is 4.18. The third kappa shape index (κ3) is 5.71. The van der Waals surface area contributed by atoms with E-state index in [0.717, 1.165) is 36.3 Å². The minimum absolute atomic E-state index is 0.146. The van der Waals surface area contributed by atoms with Crippen LogP contribution in [0.25, 0.3) is 16.9 Å². The van der Waals surface area contributed by atoms with Gasteiger partial charge in [0.05, 0.1) is 16.9 Å². The predicted molar refractivity (Wildman–Crippen MR) is 128 cm³/mol. The van der Waals surface area contributed by atoms with E-state index in [1.807, 2.05) is 4.90 Å². The van der Waals surface area contributed by atoms with Crippen molar-refractivity contribution < 1.29 is 26.3 Å². The lowest BCUT2D eigenvalue weighted by Gasteiger charge is -2.29. The van der Waals surface area contributed by atoms with E-state index >= 15 is 0 Å². The molecule has 5 rings (SSSR count). The number of nitrogens with one attached hydrogen (secondary N) is 1. The van der Waals surface area contributed by atoms with Crippen molar-refractivity contribution in [2.24, 2.45) is 0 Å². The molecule has 4 aromatic rings. The number of alkyl halides is 6. The van der Waals surface area contributed by atoms with Crippen molar-refractivity contribution in [1.29, 1.82) is 0 Å². The van der Waals surface area contributed by atoms with Crippen LogP contribution in [-0.2, 0) is 12.4 Å². The Morgan fingerprint density at radius 3 is 2.16 bits per heavy atom. The van der Waals surface area contributed by atoms with E-state index in [0.29, 0.717) is 41.4 Å². The number of benzene rings is 2. The summed E-state index contributed by atoms with van der Waals surface area (Å²) in [6.45, 7) is 1.39. The standard InChI is InChI=1S/C25H21F6N7/c26-24(27,28)17-12-16(13-20(14-17)37-10-2-1-3-11-37)21-8-9-32-23(35-21)34-18-4-6-19(7-5-18)38-15-33-22(36-38)25(29,30)31/h4-9,12-15H,1-3,10-11H2,(H,32,34,35). The van der Waals surface area contributed by atoms with Crippen LogP contribution in [-0.4, -0.2) is 37.8 Å². The summed E-state index contributed by atoms with van der Waals surface area (Å²) in [6, 6.07) is 11.7. The highest BCUT2D eigenvalue weighted by atomic mass is 19.4. The molecule has 1 fully saturated rings. The van der Waals surface area contributed by atoms with Gasteiger partial charge >= 0.3 is 12.4 Å². The summed E-state index contributed by atoms with van der Waals surface area (Å²) >= 11 is 0. The summed E-state index contributed by atoms with van der Waals surface area (Å²) in [5.74, 6) is -1.10. The largest absolute Gasteiger partial charge is 0.453 e. The van der Waals surface area contributed by atoms with Gasteiger partial charge in [0.2, 0.25) is 5.95 Å². The molecule has 7 nitrogen and oxygen atoms in total. The number of rotatable bonds is 5. The highest BCUT2D eigenvalue weighted by Gasteiger charge is 2.36. The van der Waals surface area contributed by atoms with Crippen LogP contribution in [0, 0.1) is 0 Å². The Bertz CT molecular complexity index is 1410. The number of hydrogen-bond acceptors (Lipinski definition) is 6. The zero-order valence-corrected chi connectivity index (χ0v) is 19.8. The number of aromatic nitrogens is 5. The van der Waals surface area contributed by atoms with Crippen LogP contribution in [0.4, 0.5) is 43.7 Å². The molecule has 0 amide bonds. The van der Waals surface area contributed by atoms with E-state index in [-0.39, 0.29) is 5.95 Å². The first-order valence-electron chi connectivity index (χ1n) is 11.7. The molecule has 1 aliphatic heterocycles. The Kier molecular flexibility index (Phi) is 6.67. The lowest BCUT2D eigenvalue weighted by molar-refractivity contribution is -0.144. The second-order valence-electron chi connectivity index (χ2n) is 8.76. The van der Waals surface area contributed by atoms with E-state index in [9.17, 15) is 26.3 Å². The second-order valence-corrected chi connectivity index (χ2v) is 8.76. The molecule has 0 bridgehead atoms. The van der Waals surface area contributed by atoms with Crippen LogP contribution in [0.2, 0.25) is 0 Å². The molecule has 0 spiro atoms. The minimum atomic E-state index is -4.65. The van der Waals surface area contributed by atoms with Crippen LogP contribution >= 0.6 is 0 Å². The first kappa shape index (κ1) is 25.5. The van der Waals surface area contributed by atoms with E-state index < -0.39 is 23.7 Å². The van der Waals surface area contributed by atoms with Crippen molar-refractivity contribution in [1.82, 2.24) is 24.7 Å². The summed E-state index contributed by atoms with van der Waals surface area (Å²) in [7, 11) is 0. The molecule has 1 N–H and O–H groups in total. The molecule has 2 aromatic heterocycles. The summed E-state index contributed by atoms with van der Waals surface area (Å²) in [5.41, 5.74) is 1.24. The molecular formula is C25H21F6N7. The number of hydrogen-bond donors (Lipinski definition) is 1. The first-order chi connectivity index (χ1) is 18.1. The van der Waals surface area contributed by atoms with Crippen LogP contribution in [0.5, 0.6) is 0 Å². The van der Waals surface area contributed by atoms with E-state index in [4.69, 9.17) is 0 Å². The quantitative estimate of drug-likeness (QED) is 0.296. The van der Waals surface area contributed by atoms with E-state index in [1.165, 1.54) is 30.5 Å². The zero-order valence-electron chi connectivity index (χ0n) is 19.8. The lowest BCUT2D eigenvalue weighted by Crippen LogP contribution is -2.29. The molecular weight excluding hydrogens is 512 g/mol. The van der Waals surface area contributed by atoms with Gasteiger partial charge in [0.25, 0.3) is 5.82 Å². The van der Waals surface area contributed by atoms with Crippen LogP contribution in [0.1, 0.15) is 30.7 Å². The molecule has 0 radical (unpaired) electrons. The van der Waals surface area contributed by atoms with Crippen molar-refractivity contribution in [2.45, 2.75) is 31.6 Å². The highest BCUT2D eigenvalue weighted by Crippen LogP contribution is 2.36. The average molecular weight is 533 g/mol.